The molecule has 3 aromatic carbocycles. The second-order valence-corrected chi connectivity index (χ2v) is 8.26. The third kappa shape index (κ3) is 2.68. The third-order valence-corrected chi connectivity index (χ3v) is 6.14. The summed E-state index contributed by atoms with van der Waals surface area (Å²) in [6, 6.07) is 26.7. The van der Waals surface area contributed by atoms with Gasteiger partial charge in [0.1, 0.15) is 24.2 Å². The molecule has 2 atom stereocenters. The molecule has 2 aliphatic heterocycles. The molecule has 0 bridgehead atoms. The van der Waals surface area contributed by atoms with E-state index in [1.807, 2.05) is 41.1 Å². The Morgan fingerprint density at radius 1 is 0.867 bits per heavy atom. The molecule has 1 aromatic heterocycles. The fraction of sp³-hybridized carbons (Fsp3) is 0.0833. The maximum atomic E-state index is 6.59. The molecule has 1 N–H and O–H groups in total. The van der Waals surface area contributed by atoms with Gasteiger partial charge in [-0.25, -0.2) is 4.68 Å². The van der Waals surface area contributed by atoms with Gasteiger partial charge in [-0.2, -0.15) is 10.1 Å². The Labute approximate surface area is 182 Å². The number of halogens is 1. The Morgan fingerprint density at radius 3 is 2.47 bits per heavy atom. The van der Waals surface area contributed by atoms with Gasteiger partial charge in [-0.15, -0.1) is 0 Å². The van der Waals surface area contributed by atoms with Crippen LogP contribution in [0.4, 0.5) is 5.95 Å². The molecular weight excluding hydrogens is 440 g/mol. The van der Waals surface area contributed by atoms with Crippen molar-refractivity contribution in [2.24, 2.45) is 0 Å². The quantitative estimate of drug-likeness (QED) is 0.426. The Morgan fingerprint density at radius 2 is 1.63 bits per heavy atom. The van der Waals surface area contributed by atoms with E-state index in [1.165, 1.54) is 0 Å². The minimum atomic E-state index is -0.241. The lowest BCUT2D eigenvalue weighted by Gasteiger charge is -2.39. The maximum absolute atomic E-state index is 6.59. The van der Waals surface area contributed by atoms with Crippen molar-refractivity contribution >= 4 is 27.6 Å². The SMILES string of the molecule is Brc1ccc(C2C3=C(Nc4ncnn42)c2ccccc2OC3c2ccccc2)cc1. The summed E-state index contributed by atoms with van der Waals surface area (Å²) in [5, 5.41) is 8.08. The lowest BCUT2D eigenvalue weighted by Crippen LogP contribution is -2.32. The summed E-state index contributed by atoms with van der Waals surface area (Å²) in [5.41, 5.74) is 5.44. The number of nitrogens with one attached hydrogen (secondary N) is 1. The summed E-state index contributed by atoms with van der Waals surface area (Å²) in [6.07, 6.45) is 1.35. The summed E-state index contributed by atoms with van der Waals surface area (Å²) in [4.78, 5) is 4.47. The number of fused-ring (bicyclic) bond motifs is 3. The minimum absolute atomic E-state index is 0.134. The van der Waals surface area contributed by atoms with E-state index in [2.05, 4.69) is 73.8 Å². The van der Waals surface area contributed by atoms with E-state index in [4.69, 9.17) is 4.74 Å². The van der Waals surface area contributed by atoms with E-state index in [0.717, 1.165) is 44.1 Å². The Bertz CT molecular complexity index is 1260. The van der Waals surface area contributed by atoms with Crippen molar-refractivity contribution in [3.05, 3.63) is 112 Å². The first-order chi connectivity index (χ1) is 14.8. The summed E-state index contributed by atoms with van der Waals surface area (Å²) >= 11 is 3.55. The van der Waals surface area contributed by atoms with Crippen molar-refractivity contribution in [3.8, 4) is 5.75 Å². The molecule has 0 fully saturated rings. The van der Waals surface area contributed by atoms with Crippen molar-refractivity contribution in [3.63, 3.8) is 0 Å². The van der Waals surface area contributed by atoms with Gasteiger partial charge in [0.25, 0.3) is 0 Å². The number of rotatable bonds is 2. The summed E-state index contributed by atoms with van der Waals surface area (Å²) < 4.78 is 9.57. The summed E-state index contributed by atoms with van der Waals surface area (Å²) in [7, 11) is 0. The Hall–Kier alpha value is -3.38. The van der Waals surface area contributed by atoms with Crippen molar-refractivity contribution in [1.29, 1.82) is 0 Å². The smallest absolute Gasteiger partial charge is 0.226 e. The van der Waals surface area contributed by atoms with Gasteiger partial charge in [0.2, 0.25) is 5.95 Å². The average molecular weight is 457 g/mol. The van der Waals surface area contributed by atoms with Gasteiger partial charge >= 0.3 is 0 Å². The molecule has 0 radical (unpaired) electrons. The highest BCUT2D eigenvalue weighted by Crippen LogP contribution is 2.50. The predicted molar refractivity (Wildman–Crippen MR) is 119 cm³/mol. The zero-order chi connectivity index (χ0) is 20.1. The first-order valence-corrected chi connectivity index (χ1v) is 10.6. The zero-order valence-electron chi connectivity index (χ0n) is 15.9. The van der Waals surface area contributed by atoms with Crippen molar-refractivity contribution in [1.82, 2.24) is 14.8 Å². The average Bonchev–Trinajstić information content (AvgIpc) is 3.27. The Kier molecular flexibility index (Phi) is 3.99. The van der Waals surface area contributed by atoms with Crippen LogP contribution in [0.15, 0.2) is 95.2 Å². The number of hydrogen-bond acceptors (Lipinski definition) is 4. The van der Waals surface area contributed by atoms with E-state index >= 15 is 0 Å². The molecule has 0 spiro atoms. The number of anilines is 1. The van der Waals surface area contributed by atoms with Crippen LogP contribution < -0.4 is 10.1 Å². The standard InChI is InChI=1S/C24H17BrN4O/c25-17-12-10-15(11-13-17)22-20-21(28-24-26-14-27-29(22)24)18-8-4-5-9-19(18)30-23(20)16-6-2-1-3-7-16/h1-14,22-23H,(H,26,27,28). The summed E-state index contributed by atoms with van der Waals surface area (Å²) in [6.45, 7) is 0. The molecule has 6 heteroatoms. The van der Waals surface area contributed by atoms with Gasteiger partial charge in [0, 0.05) is 15.6 Å². The van der Waals surface area contributed by atoms with Crippen LogP contribution in [0, 0.1) is 0 Å². The largest absolute Gasteiger partial charge is 0.480 e. The van der Waals surface area contributed by atoms with E-state index in [-0.39, 0.29) is 12.1 Å². The number of ether oxygens (including phenoxy) is 1. The van der Waals surface area contributed by atoms with Gasteiger partial charge in [-0.05, 0) is 35.4 Å². The highest BCUT2D eigenvalue weighted by Gasteiger charge is 2.40. The zero-order valence-corrected chi connectivity index (χ0v) is 17.5. The molecule has 0 saturated carbocycles. The van der Waals surface area contributed by atoms with Crippen molar-refractivity contribution in [2.75, 3.05) is 5.32 Å². The monoisotopic (exact) mass is 456 g/mol. The normalized spacial score (nSPS) is 19.2. The molecule has 0 amide bonds. The van der Waals surface area contributed by atoms with Gasteiger partial charge in [0.05, 0.1) is 5.70 Å². The lowest BCUT2D eigenvalue weighted by molar-refractivity contribution is 0.223. The topological polar surface area (TPSA) is 52.0 Å². The fourth-order valence-electron chi connectivity index (χ4n) is 4.29. The maximum Gasteiger partial charge on any atom is 0.226 e. The number of benzene rings is 3. The molecule has 4 aromatic rings. The minimum Gasteiger partial charge on any atom is -0.480 e. The van der Waals surface area contributed by atoms with Crippen molar-refractivity contribution in [2.45, 2.75) is 12.1 Å². The number of para-hydroxylation sites is 1. The van der Waals surface area contributed by atoms with Gasteiger partial charge < -0.3 is 10.1 Å². The van der Waals surface area contributed by atoms with Gasteiger partial charge in [0.15, 0.2) is 0 Å². The van der Waals surface area contributed by atoms with Crippen molar-refractivity contribution < 1.29 is 4.74 Å². The van der Waals surface area contributed by atoms with Crippen LogP contribution in [0.3, 0.4) is 0 Å². The highest BCUT2D eigenvalue weighted by molar-refractivity contribution is 9.10. The second kappa shape index (κ2) is 6.85. The fourth-order valence-corrected chi connectivity index (χ4v) is 4.55. The van der Waals surface area contributed by atoms with Crippen LogP contribution in [0.1, 0.15) is 28.8 Å². The molecule has 146 valence electrons. The number of nitrogens with zero attached hydrogens (tertiary/aromatic N) is 3. The van der Waals surface area contributed by atoms with E-state index in [1.54, 1.807) is 6.33 Å². The second-order valence-electron chi connectivity index (χ2n) is 7.34. The van der Waals surface area contributed by atoms with Crippen LogP contribution in [0.5, 0.6) is 5.75 Å². The number of hydrogen-bond donors (Lipinski definition) is 1. The van der Waals surface area contributed by atoms with Crippen LogP contribution in [-0.4, -0.2) is 14.8 Å². The first-order valence-electron chi connectivity index (χ1n) is 9.76. The summed E-state index contributed by atoms with van der Waals surface area (Å²) in [5.74, 6) is 1.59. The molecule has 30 heavy (non-hydrogen) atoms. The van der Waals surface area contributed by atoms with E-state index in [0.29, 0.717) is 0 Å². The lowest BCUT2D eigenvalue weighted by atomic mass is 9.85. The third-order valence-electron chi connectivity index (χ3n) is 5.61. The highest BCUT2D eigenvalue weighted by atomic mass is 79.9. The van der Waals surface area contributed by atoms with Crippen LogP contribution in [-0.2, 0) is 0 Å². The predicted octanol–water partition coefficient (Wildman–Crippen LogP) is 5.60. The Balaban J connectivity index is 1.63. The van der Waals surface area contributed by atoms with E-state index < -0.39 is 0 Å². The van der Waals surface area contributed by atoms with Crippen LogP contribution in [0.25, 0.3) is 5.70 Å². The number of aromatic nitrogens is 3. The molecule has 2 unspecified atom stereocenters. The van der Waals surface area contributed by atoms with Gasteiger partial charge in [-0.1, -0.05) is 70.5 Å². The molecule has 3 heterocycles. The molecule has 0 aliphatic carbocycles. The first kappa shape index (κ1) is 17.5. The van der Waals surface area contributed by atoms with Crippen LogP contribution in [0.2, 0.25) is 0 Å². The molecule has 5 nitrogen and oxygen atoms in total. The van der Waals surface area contributed by atoms with Crippen LogP contribution >= 0.6 is 15.9 Å². The van der Waals surface area contributed by atoms with E-state index in [9.17, 15) is 0 Å². The van der Waals surface area contributed by atoms with Gasteiger partial charge in [-0.3, -0.25) is 0 Å². The molecule has 0 saturated heterocycles. The molecule has 2 aliphatic rings. The molecular formula is C24H17BrN4O. The molecule has 6 rings (SSSR count).